The molecule has 1 N–H and O–H groups in total. The molecule has 0 radical (unpaired) electrons. The summed E-state index contributed by atoms with van der Waals surface area (Å²) in [6.45, 7) is 6.19. The standard InChI is InChI=1S/C23H27NO5/c1-4-24(5-2)23(28)29-21-18(13-9-12-17-10-7-6-8-11-17)20(15-25)16(3)14-19(21)22(26)27/h6-8,10-11,14-15H,4-5,9,12-13H2,1-3H3,(H,26,27). The van der Waals surface area contributed by atoms with Gasteiger partial charge in [-0.15, -0.1) is 0 Å². The second-order valence-corrected chi connectivity index (χ2v) is 6.76. The second-order valence-electron chi connectivity index (χ2n) is 6.76. The van der Waals surface area contributed by atoms with Crippen LogP contribution in [-0.2, 0) is 12.8 Å². The fourth-order valence-electron chi connectivity index (χ4n) is 3.32. The number of carboxylic acid groups (broad SMARTS) is 1. The predicted molar refractivity (Wildman–Crippen MR) is 111 cm³/mol. The number of carboxylic acids is 1. The molecule has 0 bridgehead atoms. The van der Waals surface area contributed by atoms with Gasteiger partial charge in [-0.05, 0) is 57.2 Å². The minimum atomic E-state index is -1.20. The van der Waals surface area contributed by atoms with E-state index in [-0.39, 0.29) is 11.3 Å². The molecule has 154 valence electrons. The van der Waals surface area contributed by atoms with E-state index in [2.05, 4.69) is 0 Å². The van der Waals surface area contributed by atoms with E-state index < -0.39 is 12.1 Å². The van der Waals surface area contributed by atoms with E-state index in [1.807, 2.05) is 44.2 Å². The fourth-order valence-corrected chi connectivity index (χ4v) is 3.32. The van der Waals surface area contributed by atoms with Crippen molar-refractivity contribution in [2.45, 2.75) is 40.0 Å². The molecule has 0 aromatic heterocycles. The lowest BCUT2D eigenvalue weighted by molar-refractivity contribution is 0.0692. The van der Waals surface area contributed by atoms with Gasteiger partial charge in [-0.2, -0.15) is 0 Å². The number of carbonyl (C=O) groups excluding carboxylic acids is 2. The van der Waals surface area contributed by atoms with Crippen LogP contribution in [0.4, 0.5) is 4.79 Å². The van der Waals surface area contributed by atoms with Gasteiger partial charge in [0.25, 0.3) is 0 Å². The molecule has 6 heteroatoms. The Morgan fingerprint density at radius 2 is 1.76 bits per heavy atom. The summed E-state index contributed by atoms with van der Waals surface area (Å²) in [6.07, 6.45) is 1.95. The highest BCUT2D eigenvalue weighted by Gasteiger charge is 2.24. The zero-order valence-electron chi connectivity index (χ0n) is 17.1. The molecule has 2 aromatic carbocycles. The summed E-state index contributed by atoms with van der Waals surface area (Å²) in [7, 11) is 0. The van der Waals surface area contributed by atoms with Crippen molar-refractivity contribution in [3.05, 3.63) is 64.2 Å². The van der Waals surface area contributed by atoms with Crippen LogP contribution in [0.5, 0.6) is 5.75 Å². The van der Waals surface area contributed by atoms with Gasteiger partial charge in [-0.1, -0.05) is 30.3 Å². The normalized spacial score (nSPS) is 10.4. The zero-order valence-corrected chi connectivity index (χ0v) is 17.1. The Morgan fingerprint density at radius 3 is 2.31 bits per heavy atom. The molecule has 0 aliphatic carbocycles. The molecular weight excluding hydrogens is 370 g/mol. The molecular formula is C23H27NO5. The maximum atomic E-state index is 12.5. The number of ether oxygens (including phenoxy) is 1. The number of rotatable bonds is 9. The van der Waals surface area contributed by atoms with Gasteiger partial charge >= 0.3 is 12.1 Å². The second kappa shape index (κ2) is 10.4. The van der Waals surface area contributed by atoms with E-state index in [9.17, 15) is 19.5 Å². The quantitative estimate of drug-likeness (QED) is 0.629. The van der Waals surface area contributed by atoms with Gasteiger partial charge in [0.15, 0.2) is 12.0 Å². The highest BCUT2D eigenvalue weighted by Crippen LogP contribution is 2.32. The van der Waals surface area contributed by atoms with E-state index >= 15 is 0 Å². The summed E-state index contributed by atoms with van der Waals surface area (Å²) in [5, 5.41) is 9.65. The number of amides is 1. The molecule has 0 atom stereocenters. The SMILES string of the molecule is CCN(CC)C(=O)Oc1c(C(=O)O)cc(C)c(C=O)c1CCCc1ccccc1. The number of nitrogens with zero attached hydrogens (tertiary/aromatic N) is 1. The first-order valence-electron chi connectivity index (χ1n) is 9.78. The van der Waals surface area contributed by atoms with Crippen LogP contribution < -0.4 is 4.74 Å². The highest BCUT2D eigenvalue weighted by atomic mass is 16.6. The van der Waals surface area contributed by atoms with Crippen LogP contribution in [0, 0.1) is 6.92 Å². The van der Waals surface area contributed by atoms with Crippen LogP contribution in [0.15, 0.2) is 36.4 Å². The van der Waals surface area contributed by atoms with Gasteiger partial charge in [0.1, 0.15) is 5.56 Å². The molecule has 0 unspecified atom stereocenters. The first kappa shape index (κ1) is 22.1. The van der Waals surface area contributed by atoms with E-state index in [0.717, 1.165) is 12.0 Å². The lowest BCUT2D eigenvalue weighted by atomic mass is 9.93. The molecule has 6 nitrogen and oxygen atoms in total. The largest absolute Gasteiger partial charge is 0.478 e. The Labute approximate surface area is 171 Å². The number of benzene rings is 2. The molecule has 1 amide bonds. The topological polar surface area (TPSA) is 83.9 Å². The van der Waals surface area contributed by atoms with E-state index in [0.29, 0.717) is 48.9 Å². The summed E-state index contributed by atoms with van der Waals surface area (Å²) in [5.41, 5.74) is 2.44. The number of hydrogen-bond donors (Lipinski definition) is 1. The molecule has 0 aliphatic heterocycles. The number of carbonyl (C=O) groups is 3. The van der Waals surface area contributed by atoms with Crippen molar-refractivity contribution in [1.82, 2.24) is 4.90 Å². The average Bonchev–Trinajstić information content (AvgIpc) is 2.71. The zero-order chi connectivity index (χ0) is 21.4. The van der Waals surface area contributed by atoms with E-state index in [1.165, 1.54) is 11.0 Å². The Bertz CT molecular complexity index is 873. The summed E-state index contributed by atoms with van der Waals surface area (Å²) in [5.74, 6) is -1.23. The molecule has 0 fully saturated rings. The van der Waals surface area contributed by atoms with Crippen molar-refractivity contribution in [3.8, 4) is 5.75 Å². The molecule has 0 heterocycles. The van der Waals surface area contributed by atoms with E-state index in [4.69, 9.17) is 4.74 Å². The first-order valence-corrected chi connectivity index (χ1v) is 9.78. The van der Waals surface area contributed by atoms with Gasteiger partial charge in [-0.25, -0.2) is 9.59 Å². The highest BCUT2D eigenvalue weighted by molar-refractivity contribution is 5.95. The Balaban J connectivity index is 2.42. The van der Waals surface area contributed by atoms with Crippen molar-refractivity contribution >= 4 is 18.3 Å². The predicted octanol–water partition coefficient (Wildman–Crippen LogP) is 4.52. The Kier molecular flexibility index (Phi) is 7.95. The monoisotopic (exact) mass is 397 g/mol. The van der Waals surface area contributed by atoms with Crippen LogP contribution in [0.25, 0.3) is 0 Å². The van der Waals surface area contributed by atoms with Gasteiger partial charge in [0, 0.05) is 24.2 Å². The van der Waals surface area contributed by atoms with Crippen LogP contribution in [0.2, 0.25) is 0 Å². The molecule has 29 heavy (non-hydrogen) atoms. The van der Waals surface area contributed by atoms with Crippen LogP contribution in [-0.4, -0.2) is 41.4 Å². The third-order valence-electron chi connectivity index (χ3n) is 4.92. The van der Waals surface area contributed by atoms with Crippen LogP contribution in [0.1, 0.15) is 57.7 Å². The number of aromatic carboxylic acids is 1. The maximum Gasteiger partial charge on any atom is 0.415 e. The van der Waals surface area contributed by atoms with Crippen molar-refractivity contribution in [2.24, 2.45) is 0 Å². The van der Waals surface area contributed by atoms with E-state index in [1.54, 1.807) is 6.92 Å². The third-order valence-corrected chi connectivity index (χ3v) is 4.92. The summed E-state index contributed by atoms with van der Waals surface area (Å²) < 4.78 is 5.53. The summed E-state index contributed by atoms with van der Waals surface area (Å²) >= 11 is 0. The molecule has 0 saturated carbocycles. The molecule has 0 spiro atoms. The number of aryl methyl sites for hydroxylation is 2. The molecule has 0 saturated heterocycles. The minimum Gasteiger partial charge on any atom is -0.478 e. The van der Waals surface area contributed by atoms with Crippen molar-refractivity contribution in [1.29, 1.82) is 0 Å². The third kappa shape index (κ3) is 5.44. The number of aldehydes is 1. The van der Waals surface area contributed by atoms with Crippen molar-refractivity contribution < 1.29 is 24.2 Å². The van der Waals surface area contributed by atoms with Gasteiger partial charge in [0.2, 0.25) is 0 Å². The van der Waals surface area contributed by atoms with Gasteiger partial charge < -0.3 is 14.7 Å². The summed E-state index contributed by atoms with van der Waals surface area (Å²) in [6, 6.07) is 11.3. The number of hydrogen-bond acceptors (Lipinski definition) is 4. The molecule has 2 aromatic rings. The maximum absolute atomic E-state index is 12.5. The Morgan fingerprint density at radius 1 is 1.10 bits per heavy atom. The summed E-state index contributed by atoms with van der Waals surface area (Å²) in [4.78, 5) is 37.5. The van der Waals surface area contributed by atoms with Gasteiger partial charge in [0.05, 0.1) is 0 Å². The smallest absolute Gasteiger partial charge is 0.415 e. The first-order chi connectivity index (χ1) is 13.9. The Hall–Kier alpha value is -3.15. The van der Waals surface area contributed by atoms with Crippen molar-refractivity contribution in [3.63, 3.8) is 0 Å². The van der Waals surface area contributed by atoms with Crippen molar-refractivity contribution in [2.75, 3.05) is 13.1 Å². The van der Waals surface area contributed by atoms with Crippen LogP contribution in [0.3, 0.4) is 0 Å². The molecule has 0 aliphatic rings. The fraction of sp³-hybridized carbons (Fsp3) is 0.348. The van der Waals surface area contributed by atoms with Crippen LogP contribution >= 0.6 is 0 Å². The average molecular weight is 397 g/mol. The minimum absolute atomic E-state index is 0.0323. The lowest BCUT2D eigenvalue weighted by Crippen LogP contribution is -2.33. The lowest BCUT2D eigenvalue weighted by Gasteiger charge is -2.21. The van der Waals surface area contributed by atoms with Gasteiger partial charge in [-0.3, -0.25) is 4.79 Å². The molecule has 2 rings (SSSR count).